The van der Waals surface area contributed by atoms with E-state index in [-0.39, 0.29) is 24.2 Å². The van der Waals surface area contributed by atoms with Crippen LogP contribution in [0.2, 0.25) is 0 Å². The first kappa shape index (κ1) is 38.2. The monoisotopic (exact) mass is 749 g/mol. The van der Waals surface area contributed by atoms with Crippen LogP contribution < -0.4 is 0 Å². The lowest BCUT2D eigenvalue weighted by molar-refractivity contribution is -0.301. The number of alkyl halides is 2. The number of halogens is 2. The van der Waals surface area contributed by atoms with Gasteiger partial charge < -0.3 is 28.9 Å². The van der Waals surface area contributed by atoms with Crippen LogP contribution in [0.15, 0.2) is 52.2 Å². The maximum Gasteiger partial charge on any atom is 0.336 e. The number of aliphatic hydroxyl groups is 1. The zero-order valence-electron chi connectivity index (χ0n) is 31.4. The Kier molecular flexibility index (Phi) is 10.1. The summed E-state index contributed by atoms with van der Waals surface area (Å²) in [4.78, 5) is 42.0. The number of benzene rings is 1. The molecule has 1 aromatic rings. The highest BCUT2D eigenvalue weighted by molar-refractivity contribution is 5.97. The van der Waals surface area contributed by atoms with Crippen molar-refractivity contribution in [2.24, 2.45) is 22.4 Å². The number of rotatable bonds is 8. The third-order valence-electron chi connectivity index (χ3n) is 12.9. The topological polar surface area (TPSA) is 130 Å². The molecule has 6 aliphatic rings. The molecule has 1 N–H and O–H groups in total. The maximum absolute atomic E-state index is 15.5. The SMILES string of the molecule is C#CC(F)(F)C1(O)CCC2C3CCC4=C/C(=N\O[C@@H]5O[C@@H](C)[C@H](OC(C)=O)[C@@H](OC(C)=O)[C@@H]5OC(C)=O)CCC4=C3C(c3ccc(C4CC4)cc3)CC21C. The smallest absolute Gasteiger partial charge is 0.336 e. The van der Waals surface area contributed by atoms with E-state index < -0.39 is 65.6 Å². The molecule has 10 atom stereocenters. The van der Waals surface area contributed by atoms with Crippen LogP contribution in [0.5, 0.6) is 0 Å². The summed E-state index contributed by atoms with van der Waals surface area (Å²) in [5.41, 5.74) is 3.15. The van der Waals surface area contributed by atoms with Gasteiger partial charge in [-0.2, -0.15) is 8.78 Å². The average Bonchev–Trinajstić information content (AvgIpc) is 3.93. The first-order valence-electron chi connectivity index (χ1n) is 19.1. The predicted octanol–water partition coefficient (Wildman–Crippen LogP) is 6.81. The van der Waals surface area contributed by atoms with Gasteiger partial charge in [0.1, 0.15) is 5.60 Å². The van der Waals surface area contributed by atoms with Gasteiger partial charge >= 0.3 is 23.8 Å². The Bertz CT molecular complexity index is 1830. The van der Waals surface area contributed by atoms with Crippen LogP contribution in [-0.4, -0.2) is 71.0 Å². The van der Waals surface area contributed by atoms with Crippen molar-refractivity contribution < 1.29 is 52.1 Å². The molecule has 0 bridgehead atoms. The Balaban J connectivity index is 1.21. The minimum atomic E-state index is -3.66. The number of hydrogen-bond donors (Lipinski definition) is 1. The molecule has 0 aromatic heterocycles. The number of oxime groups is 1. The lowest BCUT2D eigenvalue weighted by Gasteiger charge is -2.55. The highest BCUT2D eigenvalue weighted by atomic mass is 19.3. The van der Waals surface area contributed by atoms with Crippen LogP contribution in [0.25, 0.3) is 0 Å². The number of nitrogens with zero attached hydrogens (tertiary/aromatic N) is 1. The molecule has 0 radical (unpaired) electrons. The second kappa shape index (κ2) is 14.2. The Labute approximate surface area is 314 Å². The number of esters is 3. The highest BCUT2D eigenvalue weighted by Crippen LogP contribution is 2.69. The maximum atomic E-state index is 15.5. The molecule has 10 nitrogen and oxygen atoms in total. The molecule has 4 fully saturated rings. The van der Waals surface area contributed by atoms with Gasteiger partial charge in [0.25, 0.3) is 6.29 Å². The van der Waals surface area contributed by atoms with Crippen LogP contribution in [0.1, 0.15) is 115 Å². The fourth-order valence-electron chi connectivity index (χ4n) is 10.3. The minimum absolute atomic E-state index is 0.00587. The summed E-state index contributed by atoms with van der Waals surface area (Å²) in [7, 11) is 0. The second-order valence-electron chi connectivity index (χ2n) is 16.2. The van der Waals surface area contributed by atoms with E-state index in [2.05, 4.69) is 29.4 Å². The Morgan fingerprint density at radius 3 is 2.19 bits per heavy atom. The Morgan fingerprint density at radius 1 is 0.926 bits per heavy atom. The van der Waals surface area contributed by atoms with Crippen LogP contribution in [0, 0.1) is 29.6 Å². The first-order chi connectivity index (χ1) is 25.6. The second-order valence-corrected chi connectivity index (χ2v) is 16.2. The molecule has 3 saturated carbocycles. The highest BCUT2D eigenvalue weighted by Gasteiger charge is 2.71. The standard InChI is InChI=1S/C42H49F2NO9/c1-7-42(43,44)41(49)19-18-34-32-16-14-29-20-30(45-54-39-38(53-25(5)48)37(52-24(4)47)36(22(2)50-39)51-23(3)46)15-17-31(29)35(32)33(21-40(34,41)6)28-12-10-27(11-13-28)26-8-9-26/h1,10-13,20,22,26,32-34,36-39,49H,8-9,14-19,21H2,2-6H3/b45-30-/t22-,32?,33?,34?,36-,37+,38-,39-,40?,41?/m0/s1. The van der Waals surface area contributed by atoms with Crippen molar-refractivity contribution in [3.05, 3.63) is 58.2 Å². The van der Waals surface area contributed by atoms with E-state index in [0.29, 0.717) is 43.7 Å². The number of fused-ring (bicyclic) bond motifs is 4. The van der Waals surface area contributed by atoms with Gasteiger partial charge in [0.05, 0.1) is 11.8 Å². The van der Waals surface area contributed by atoms with E-state index in [1.165, 1.54) is 50.3 Å². The van der Waals surface area contributed by atoms with Crippen molar-refractivity contribution in [1.82, 2.24) is 0 Å². The summed E-state index contributed by atoms with van der Waals surface area (Å²) in [6, 6.07) is 8.61. The number of hydrogen-bond acceptors (Lipinski definition) is 10. The molecular formula is C42H49F2NO9. The van der Waals surface area contributed by atoms with Gasteiger partial charge in [-0.15, -0.1) is 6.42 Å². The van der Waals surface area contributed by atoms with Gasteiger partial charge in [0.2, 0.25) is 6.10 Å². The zero-order chi connectivity index (χ0) is 38.7. The lowest BCUT2D eigenvalue weighted by atomic mass is 9.50. The normalized spacial score (nSPS) is 36.9. The summed E-state index contributed by atoms with van der Waals surface area (Å²) in [5.74, 6) is -3.75. The van der Waals surface area contributed by atoms with Crippen LogP contribution in [-0.2, 0) is 38.2 Å². The van der Waals surface area contributed by atoms with E-state index >= 15 is 8.78 Å². The number of terminal acetylenes is 1. The minimum Gasteiger partial charge on any atom is -0.456 e. The van der Waals surface area contributed by atoms with Gasteiger partial charge in [0, 0.05) is 32.1 Å². The largest absolute Gasteiger partial charge is 0.456 e. The molecular weight excluding hydrogens is 700 g/mol. The molecule has 5 aliphatic carbocycles. The van der Waals surface area contributed by atoms with Crippen molar-refractivity contribution in [1.29, 1.82) is 0 Å². The van der Waals surface area contributed by atoms with Gasteiger partial charge in [-0.25, -0.2) is 0 Å². The quantitative estimate of drug-likeness (QED) is 0.132. The fraction of sp³-hybridized carbons (Fsp3) is 0.619. The van der Waals surface area contributed by atoms with Gasteiger partial charge in [-0.05, 0) is 117 Å². The van der Waals surface area contributed by atoms with E-state index in [1.54, 1.807) is 12.8 Å². The fourth-order valence-corrected chi connectivity index (χ4v) is 10.3. The molecule has 1 saturated heterocycles. The van der Waals surface area contributed by atoms with E-state index in [0.717, 1.165) is 17.6 Å². The number of ether oxygens (including phenoxy) is 4. The van der Waals surface area contributed by atoms with Gasteiger partial charge in [-0.1, -0.05) is 41.9 Å². The summed E-state index contributed by atoms with van der Waals surface area (Å²) in [6.07, 6.45) is 7.44. The van der Waals surface area contributed by atoms with Crippen molar-refractivity contribution in [2.75, 3.05) is 0 Å². The first-order valence-corrected chi connectivity index (χ1v) is 19.1. The molecule has 5 unspecified atom stereocenters. The van der Waals surface area contributed by atoms with Crippen LogP contribution >= 0.6 is 0 Å². The Morgan fingerprint density at radius 2 is 1.56 bits per heavy atom. The molecule has 1 heterocycles. The van der Waals surface area contributed by atoms with Crippen molar-refractivity contribution in [2.45, 2.75) is 146 Å². The van der Waals surface area contributed by atoms with Crippen molar-refractivity contribution >= 4 is 23.6 Å². The zero-order valence-corrected chi connectivity index (χ0v) is 31.4. The molecule has 290 valence electrons. The number of carbonyl (C=O) groups excluding carboxylic acids is 3. The number of allylic oxidation sites excluding steroid dienone is 4. The average molecular weight is 750 g/mol. The molecule has 1 aliphatic heterocycles. The molecule has 7 rings (SSSR count). The van der Waals surface area contributed by atoms with E-state index in [1.807, 2.05) is 13.0 Å². The summed E-state index contributed by atoms with van der Waals surface area (Å²) >= 11 is 0. The van der Waals surface area contributed by atoms with Crippen molar-refractivity contribution in [3.8, 4) is 12.3 Å². The van der Waals surface area contributed by atoms with Crippen LogP contribution in [0.3, 0.4) is 0 Å². The molecule has 1 aromatic carbocycles. The summed E-state index contributed by atoms with van der Waals surface area (Å²) in [5, 5.41) is 16.3. The van der Waals surface area contributed by atoms with Crippen LogP contribution in [0.4, 0.5) is 8.78 Å². The van der Waals surface area contributed by atoms with Gasteiger partial charge in [0.15, 0.2) is 12.2 Å². The third-order valence-corrected chi connectivity index (χ3v) is 12.9. The predicted molar refractivity (Wildman–Crippen MR) is 192 cm³/mol. The third kappa shape index (κ3) is 6.65. The van der Waals surface area contributed by atoms with Gasteiger partial charge in [-0.3, -0.25) is 14.4 Å². The van der Waals surface area contributed by atoms with E-state index in [4.69, 9.17) is 30.2 Å². The van der Waals surface area contributed by atoms with E-state index in [9.17, 15) is 19.5 Å². The number of carbonyl (C=O) groups is 3. The lowest BCUT2D eigenvalue weighted by Crippen LogP contribution is -2.60. The van der Waals surface area contributed by atoms with Crippen molar-refractivity contribution in [3.63, 3.8) is 0 Å². The summed E-state index contributed by atoms with van der Waals surface area (Å²) < 4.78 is 53.4. The molecule has 0 amide bonds. The molecule has 12 heteroatoms. The summed E-state index contributed by atoms with van der Waals surface area (Å²) in [6.45, 7) is 7.06. The molecule has 0 spiro atoms. The Hall–Kier alpha value is -4.08. The molecule has 54 heavy (non-hydrogen) atoms.